The molecule has 2 rings (SSSR count). The molecular weight excluding hydrogens is 290 g/mol. The lowest BCUT2D eigenvalue weighted by molar-refractivity contribution is -0.111. The molecule has 2 aromatic rings. The van der Waals surface area contributed by atoms with Gasteiger partial charge in [0.1, 0.15) is 11.5 Å². The van der Waals surface area contributed by atoms with E-state index >= 15 is 0 Å². The first-order chi connectivity index (χ1) is 11.2. The Morgan fingerprint density at radius 1 is 1.04 bits per heavy atom. The first kappa shape index (κ1) is 16.6. The van der Waals surface area contributed by atoms with Gasteiger partial charge in [0.15, 0.2) is 0 Å². The van der Waals surface area contributed by atoms with Crippen LogP contribution < -0.4 is 14.8 Å². The zero-order valence-corrected chi connectivity index (χ0v) is 13.6. The van der Waals surface area contributed by atoms with E-state index in [0.717, 1.165) is 17.7 Å². The smallest absolute Gasteiger partial charge is 0.248 e. The largest absolute Gasteiger partial charge is 0.496 e. The van der Waals surface area contributed by atoms with Crippen LogP contribution in [0.2, 0.25) is 0 Å². The van der Waals surface area contributed by atoms with Gasteiger partial charge in [0, 0.05) is 11.8 Å². The van der Waals surface area contributed by atoms with Gasteiger partial charge < -0.3 is 14.8 Å². The van der Waals surface area contributed by atoms with Crippen molar-refractivity contribution in [1.29, 1.82) is 0 Å². The number of hydrogen-bond acceptors (Lipinski definition) is 3. The molecule has 0 spiro atoms. The maximum atomic E-state index is 12.1. The molecule has 1 N–H and O–H groups in total. The Kier molecular flexibility index (Phi) is 5.80. The van der Waals surface area contributed by atoms with Crippen molar-refractivity contribution in [3.05, 3.63) is 59.7 Å². The summed E-state index contributed by atoms with van der Waals surface area (Å²) >= 11 is 0. The third kappa shape index (κ3) is 4.36. The highest BCUT2D eigenvalue weighted by atomic mass is 16.5. The number of aryl methyl sites for hydroxylation is 1. The van der Waals surface area contributed by atoms with Crippen LogP contribution in [-0.2, 0) is 11.2 Å². The van der Waals surface area contributed by atoms with Crippen molar-refractivity contribution < 1.29 is 14.3 Å². The van der Waals surface area contributed by atoms with Crippen LogP contribution >= 0.6 is 0 Å². The van der Waals surface area contributed by atoms with E-state index in [0.29, 0.717) is 11.5 Å². The fraction of sp³-hybridized carbons (Fsp3) is 0.211. The first-order valence-corrected chi connectivity index (χ1v) is 7.47. The molecule has 0 unspecified atom stereocenters. The number of carbonyl (C=O) groups is 1. The van der Waals surface area contributed by atoms with Gasteiger partial charge in [-0.2, -0.15) is 0 Å². The molecule has 0 saturated heterocycles. The average Bonchev–Trinajstić information content (AvgIpc) is 2.60. The number of nitrogens with one attached hydrogen (secondary N) is 1. The number of benzene rings is 2. The normalized spacial score (nSPS) is 10.6. The van der Waals surface area contributed by atoms with Crippen LogP contribution in [0.1, 0.15) is 18.1 Å². The number of rotatable bonds is 6. The molecule has 0 atom stereocenters. The Bertz CT molecular complexity index is 668. The summed E-state index contributed by atoms with van der Waals surface area (Å²) in [4.78, 5) is 12.1. The third-order valence-corrected chi connectivity index (χ3v) is 3.50. The van der Waals surface area contributed by atoms with Crippen LogP contribution in [0.15, 0.2) is 48.5 Å². The zero-order valence-electron chi connectivity index (χ0n) is 13.6. The molecule has 0 aromatic heterocycles. The molecule has 2 aromatic carbocycles. The number of methoxy groups -OCH3 is 2. The van der Waals surface area contributed by atoms with Crippen molar-refractivity contribution in [3.63, 3.8) is 0 Å². The summed E-state index contributed by atoms with van der Waals surface area (Å²) in [5, 5.41) is 2.83. The van der Waals surface area contributed by atoms with E-state index in [2.05, 4.69) is 12.2 Å². The van der Waals surface area contributed by atoms with Crippen molar-refractivity contribution in [2.75, 3.05) is 19.5 Å². The van der Waals surface area contributed by atoms with E-state index in [4.69, 9.17) is 9.47 Å². The Balaban J connectivity index is 2.11. The van der Waals surface area contributed by atoms with Gasteiger partial charge in [-0.25, -0.2) is 0 Å². The van der Waals surface area contributed by atoms with Gasteiger partial charge in [-0.05, 0) is 42.3 Å². The molecule has 0 fully saturated rings. The van der Waals surface area contributed by atoms with Crippen molar-refractivity contribution in [2.24, 2.45) is 0 Å². The molecule has 0 aliphatic carbocycles. The number of anilines is 1. The van der Waals surface area contributed by atoms with Crippen molar-refractivity contribution >= 4 is 17.7 Å². The van der Waals surface area contributed by atoms with Crippen LogP contribution in [0.4, 0.5) is 5.69 Å². The molecule has 0 bridgehead atoms. The molecule has 4 nitrogen and oxygen atoms in total. The SMILES string of the molecule is CCc1ccc(NC(=O)C=Cc2c(OC)cccc2OC)cc1. The first-order valence-electron chi connectivity index (χ1n) is 7.47. The molecule has 120 valence electrons. The van der Waals surface area contributed by atoms with Crippen molar-refractivity contribution in [3.8, 4) is 11.5 Å². The molecule has 4 heteroatoms. The number of hydrogen-bond donors (Lipinski definition) is 1. The lowest BCUT2D eigenvalue weighted by Gasteiger charge is -2.09. The van der Waals surface area contributed by atoms with E-state index in [1.165, 1.54) is 11.6 Å². The van der Waals surface area contributed by atoms with Crippen LogP contribution in [0.5, 0.6) is 11.5 Å². The van der Waals surface area contributed by atoms with Gasteiger partial charge in [0.2, 0.25) is 5.91 Å². The minimum absolute atomic E-state index is 0.206. The molecule has 1 amide bonds. The average molecular weight is 311 g/mol. The Morgan fingerprint density at radius 2 is 1.65 bits per heavy atom. The second kappa shape index (κ2) is 8.03. The summed E-state index contributed by atoms with van der Waals surface area (Å²) in [6.07, 6.45) is 4.13. The van der Waals surface area contributed by atoms with E-state index in [1.54, 1.807) is 20.3 Å². The maximum Gasteiger partial charge on any atom is 0.248 e. The topological polar surface area (TPSA) is 47.6 Å². The highest BCUT2D eigenvalue weighted by Crippen LogP contribution is 2.29. The highest BCUT2D eigenvalue weighted by molar-refractivity contribution is 6.02. The van der Waals surface area contributed by atoms with Crippen LogP contribution in [-0.4, -0.2) is 20.1 Å². The standard InChI is InChI=1S/C19H21NO3/c1-4-14-8-10-15(11-9-14)20-19(21)13-12-16-17(22-2)6-5-7-18(16)23-3/h5-13H,4H2,1-3H3,(H,20,21). The molecule has 0 aliphatic heterocycles. The molecule has 23 heavy (non-hydrogen) atoms. The van der Waals surface area contributed by atoms with Crippen molar-refractivity contribution in [2.45, 2.75) is 13.3 Å². The minimum atomic E-state index is -0.206. The number of amides is 1. The Morgan fingerprint density at radius 3 is 2.17 bits per heavy atom. The predicted octanol–water partition coefficient (Wildman–Crippen LogP) is 3.92. The second-order valence-electron chi connectivity index (χ2n) is 4.95. The van der Waals surface area contributed by atoms with Crippen LogP contribution in [0, 0.1) is 0 Å². The Hall–Kier alpha value is -2.75. The lowest BCUT2D eigenvalue weighted by Crippen LogP contribution is -2.07. The second-order valence-corrected chi connectivity index (χ2v) is 4.95. The van der Waals surface area contributed by atoms with Gasteiger partial charge in [0.25, 0.3) is 0 Å². The molecule has 0 radical (unpaired) electrons. The quantitative estimate of drug-likeness (QED) is 0.823. The lowest BCUT2D eigenvalue weighted by atomic mass is 10.1. The highest BCUT2D eigenvalue weighted by Gasteiger charge is 2.07. The van der Waals surface area contributed by atoms with Gasteiger partial charge in [-0.3, -0.25) is 4.79 Å². The van der Waals surface area contributed by atoms with Gasteiger partial charge in [-0.1, -0.05) is 25.1 Å². The minimum Gasteiger partial charge on any atom is -0.496 e. The van der Waals surface area contributed by atoms with E-state index < -0.39 is 0 Å². The summed E-state index contributed by atoms with van der Waals surface area (Å²) in [7, 11) is 3.17. The Labute approximate surface area is 136 Å². The third-order valence-electron chi connectivity index (χ3n) is 3.50. The number of carbonyl (C=O) groups excluding carboxylic acids is 1. The summed E-state index contributed by atoms with van der Waals surface area (Å²) in [5.74, 6) is 1.10. The zero-order chi connectivity index (χ0) is 16.7. The fourth-order valence-electron chi connectivity index (χ4n) is 2.21. The molecule has 0 saturated carbocycles. The molecular formula is C19H21NO3. The summed E-state index contributed by atoms with van der Waals surface area (Å²) in [6, 6.07) is 13.3. The van der Waals surface area contributed by atoms with E-state index in [-0.39, 0.29) is 5.91 Å². The fourth-order valence-corrected chi connectivity index (χ4v) is 2.21. The van der Waals surface area contributed by atoms with E-state index in [9.17, 15) is 4.79 Å². The van der Waals surface area contributed by atoms with Crippen LogP contribution in [0.25, 0.3) is 6.08 Å². The molecule has 0 aliphatic rings. The van der Waals surface area contributed by atoms with Crippen LogP contribution in [0.3, 0.4) is 0 Å². The predicted molar refractivity (Wildman–Crippen MR) is 93.0 cm³/mol. The summed E-state index contributed by atoms with van der Waals surface area (Å²) < 4.78 is 10.6. The summed E-state index contributed by atoms with van der Waals surface area (Å²) in [5.41, 5.74) is 2.73. The van der Waals surface area contributed by atoms with Gasteiger partial charge in [0.05, 0.1) is 19.8 Å². The van der Waals surface area contributed by atoms with Gasteiger partial charge in [-0.15, -0.1) is 0 Å². The van der Waals surface area contributed by atoms with Gasteiger partial charge >= 0.3 is 0 Å². The summed E-state index contributed by atoms with van der Waals surface area (Å²) in [6.45, 7) is 2.09. The number of ether oxygens (including phenoxy) is 2. The van der Waals surface area contributed by atoms with E-state index in [1.807, 2.05) is 42.5 Å². The molecule has 0 heterocycles. The maximum absolute atomic E-state index is 12.1. The van der Waals surface area contributed by atoms with Crippen molar-refractivity contribution in [1.82, 2.24) is 0 Å². The monoisotopic (exact) mass is 311 g/mol.